The summed E-state index contributed by atoms with van der Waals surface area (Å²) in [6, 6.07) is 30.8. The third-order valence-electron chi connectivity index (χ3n) is 11.4. The molecule has 2 amide bonds. The lowest BCUT2D eigenvalue weighted by Gasteiger charge is -2.43. The van der Waals surface area contributed by atoms with Crippen LogP contribution in [0.2, 0.25) is 0 Å². The molecule has 0 spiro atoms. The van der Waals surface area contributed by atoms with E-state index in [4.69, 9.17) is 9.47 Å². The van der Waals surface area contributed by atoms with Gasteiger partial charge in [0.25, 0.3) is 5.91 Å². The monoisotopic (exact) mass is 787 g/mol. The van der Waals surface area contributed by atoms with Gasteiger partial charge in [-0.25, -0.2) is 4.79 Å². The molecule has 12 heteroatoms. The quantitative estimate of drug-likeness (QED) is 0.0684. The van der Waals surface area contributed by atoms with Crippen LogP contribution in [0.4, 0.5) is 4.79 Å². The predicted molar refractivity (Wildman–Crippen MR) is 223 cm³/mol. The van der Waals surface area contributed by atoms with Crippen LogP contribution in [0.15, 0.2) is 108 Å². The zero-order valence-electron chi connectivity index (χ0n) is 32.9. The van der Waals surface area contributed by atoms with Crippen molar-refractivity contribution in [2.45, 2.75) is 57.5 Å². The number of phenolic OH excluding ortho intramolecular Hbond substituents is 1. The number of carbonyl (C=O) groups is 2. The average molecular weight is 788 g/mol. The summed E-state index contributed by atoms with van der Waals surface area (Å²) in [5, 5.41) is 27.9. The van der Waals surface area contributed by atoms with E-state index in [0.717, 1.165) is 62.0 Å². The zero-order valence-corrected chi connectivity index (χ0v) is 32.9. The number of hydrogen-bond donors (Lipinski definition) is 5. The molecule has 5 N–H and O–H groups in total. The molecule has 2 bridgehead atoms. The molecule has 304 valence electrons. The number of fused-ring (bicyclic) bond motifs is 4. The maximum absolute atomic E-state index is 13.4. The first-order chi connectivity index (χ1) is 28.2. The highest BCUT2D eigenvalue weighted by Gasteiger charge is 2.37. The number of phenols is 1. The Morgan fingerprint density at radius 1 is 0.931 bits per heavy atom. The second kappa shape index (κ2) is 19.2. The highest BCUT2D eigenvalue weighted by Crippen LogP contribution is 2.31. The van der Waals surface area contributed by atoms with Gasteiger partial charge in [0, 0.05) is 43.2 Å². The van der Waals surface area contributed by atoms with Gasteiger partial charge in [0.15, 0.2) is 0 Å². The SMILES string of the molecule is CCN(CCCCNC[C@@H](O)c1ccc(O)c2[nH]c(=O)ccc12)C(=O)c1ccc(COc2cccc(C(NC(=O)O[C@H]3CN4CCC3CC4)c3ccccc3)c2)cc1. The number of aromatic hydroxyl groups is 1. The summed E-state index contributed by atoms with van der Waals surface area (Å²) in [4.78, 5) is 45.2. The molecule has 0 radical (unpaired) electrons. The van der Waals surface area contributed by atoms with Crippen LogP contribution in [-0.2, 0) is 11.3 Å². The van der Waals surface area contributed by atoms with Crippen molar-refractivity contribution in [3.05, 3.63) is 141 Å². The molecule has 12 nitrogen and oxygen atoms in total. The Labute approximate surface area is 338 Å². The number of aliphatic hydroxyl groups is 1. The van der Waals surface area contributed by atoms with Gasteiger partial charge in [0.1, 0.15) is 24.2 Å². The Hall–Kier alpha value is -5.69. The zero-order chi connectivity index (χ0) is 40.4. The summed E-state index contributed by atoms with van der Waals surface area (Å²) in [7, 11) is 0. The van der Waals surface area contributed by atoms with E-state index in [9.17, 15) is 24.6 Å². The molecule has 3 aliphatic rings. The number of H-pyrrole nitrogens is 1. The number of nitrogens with zero attached hydrogens (tertiary/aromatic N) is 2. The number of piperidine rings is 3. The Morgan fingerprint density at radius 2 is 1.71 bits per heavy atom. The van der Waals surface area contributed by atoms with Crippen molar-refractivity contribution in [3.63, 3.8) is 0 Å². The number of ether oxygens (including phenoxy) is 2. The van der Waals surface area contributed by atoms with Crippen LogP contribution in [0.3, 0.4) is 0 Å². The van der Waals surface area contributed by atoms with Gasteiger partial charge in [0.05, 0.1) is 17.7 Å². The van der Waals surface area contributed by atoms with Crippen molar-refractivity contribution in [1.29, 1.82) is 0 Å². The van der Waals surface area contributed by atoms with Crippen LogP contribution in [0, 0.1) is 5.92 Å². The van der Waals surface area contributed by atoms with Crippen LogP contribution in [-0.4, -0.2) is 88.9 Å². The summed E-state index contributed by atoms with van der Waals surface area (Å²) >= 11 is 0. The first kappa shape index (κ1) is 40.5. The van der Waals surface area contributed by atoms with E-state index in [0.29, 0.717) is 66.5 Å². The first-order valence-corrected chi connectivity index (χ1v) is 20.3. The number of unbranched alkanes of at least 4 members (excludes halogenated alkanes) is 1. The lowest BCUT2D eigenvalue weighted by atomic mass is 9.86. The van der Waals surface area contributed by atoms with Gasteiger partial charge in [-0.2, -0.15) is 0 Å². The number of aromatic amines is 1. The standard InChI is InChI=1S/C46H53N5O7/c1-2-51(24-7-6-23-47-28-40(53)37-17-19-39(52)44-38(37)18-20-42(54)48-44)45(55)34-15-13-31(14-16-34)30-57-36-12-8-11-35(27-36)43(33-9-4-3-5-10-33)49-46(56)58-41-29-50-25-21-32(41)22-26-50/h3-5,8-20,27,32,40-41,43,47,52-53H,2,6-7,21-26,28-30H2,1H3,(H,48,54)(H,49,56)/t40-,41+,43?/m1/s1. The van der Waals surface area contributed by atoms with Crippen molar-refractivity contribution in [3.8, 4) is 11.5 Å². The smallest absolute Gasteiger partial charge is 0.408 e. The number of aliphatic hydroxyl groups excluding tert-OH is 1. The molecule has 1 aromatic heterocycles. The predicted octanol–water partition coefficient (Wildman–Crippen LogP) is 6.29. The maximum Gasteiger partial charge on any atom is 0.408 e. The second-order valence-corrected chi connectivity index (χ2v) is 15.2. The molecule has 5 aromatic rings. The summed E-state index contributed by atoms with van der Waals surface area (Å²) in [5.41, 5.74) is 3.96. The Bertz CT molecular complexity index is 2200. The Balaban J connectivity index is 0.874. The molecular weight excluding hydrogens is 735 g/mol. The summed E-state index contributed by atoms with van der Waals surface area (Å²) in [6.45, 7) is 7.38. The number of benzene rings is 4. The Morgan fingerprint density at radius 3 is 2.45 bits per heavy atom. The van der Waals surface area contributed by atoms with Crippen LogP contribution < -0.4 is 20.9 Å². The molecule has 58 heavy (non-hydrogen) atoms. The highest BCUT2D eigenvalue weighted by atomic mass is 16.6. The summed E-state index contributed by atoms with van der Waals surface area (Å²) in [6.07, 6.45) is 2.41. The first-order valence-electron chi connectivity index (χ1n) is 20.3. The van der Waals surface area contributed by atoms with E-state index in [2.05, 4.69) is 20.5 Å². The Kier molecular flexibility index (Phi) is 13.4. The van der Waals surface area contributed by atoms with E-state index < -0.39 is 18.2 Å². The van der Waals surface area contributed by atoms with Crippen molar-refractivity contribution in [2.75, 3.05) is 45.8 Å². The van der Waals surface area contributed by atoms with Crippen molar-refractivity contribution in [2.24, 2.45) is 5.92 Å². The third-order valence-corrected chi connectivity index (χ3v) is 11.4. The number of aromatic nitrogens is 1. The van der Waals surface area contributed by atoms with Crippen LogP contribution in [0.25, 0.3) is 10.9 Å². The average Bonchev–Trinajstić information content (AvgIpc) is 3.25. The van der Waals surface area contributed by atoms with Gasteiger partial charge in [-0.1, -0.05) is 60.7 Å². The molecule has 1 unspecified atom stereocenters. The number of alkyl carbamates (subject to hydrolysis) is 1. The topological polar surface area (TPSA) is 156 Å². The van der Waals surface area contributed by atoms with Crippen molar-refractivity contribution >= 4 is 22.9 Å². The molecule has 3 fully saturated rings. The number of carbonyl (C=O) groups excluding carboxylic acids is 2. The molecule has 3 atom stereocenters. The fraction of sp³-hybridized carbons (Fsp3) is 0.370. The fourth-order valence-corrected chi connectivity index (χ4v) is 8.07. The third kappa shape index (κ3) is 10.1. The van der Waals surface area contributed by atoms with Gasteiger partial charge in [-0.15, -0.1) is 0 Å². The molecule has 3 aliphatic heterocycles. The number of amides is 2. The van der Waals surface area contributed by atoms with Crippen LogP contribution in [0.5, 0.6) is 11.5 Å². The van der Waals surface area contributed by atoms with E-state index >= 15 is 0 Å². The number of nitrogens with one attached hydrogen (secondary N) is 3. The number of pyridine rings is 1. The minimum Gasteiger partial charge on any atom is -0.506 e. The normalized spacial score (nSPS) is 18.3. The summed E-state index contributed by atoms with van der Waals surface area (Å²) < 4.78 is 12.2. The molecule has 4 aromatic carbocycles. The van der Waals surface area contributed by atoms with E-state index in [1.807, 2.05) is 90.7 Å². The van der Waals surface area contributed by atoms with Crippen molar-refractivity contribution in [1.82, 2.24) is 25.4 Å². The summed E-state index contributed by atoms with van der Waals surface area (Å²) in [5.74, 6) is 1.01. The largest absolute Gasteiger partial charge is 0.506 e. The fourth-order valence-electron chi connectivity index (χ4n) is 8.07. The minimum atomic E-state index is -0.827. The second-order valence-electron chi connectivity index (χ2n) is 15.2. The van der Waals surface area contributed by atoms with Crippen LogP contribution in [0.1, 0.15) is 77.4 Å². The lowest BCUT2D eigenvalue weighted by molar-refractivity contribution is -0.0336. The molecule has 3 saturated heterocycles. The van der Waals surface area contributed by atoms with E-state index in [1.165, 1.54) is 12.1 Å². The van der Waals surface area contributed by atoms with Gasteiger partial charge in [-0.3, -0.25) is 14.5 Å². The van der Waals surface area contributed by atoms with E-state index in [1.54, 1.807) is 12.1 Å². The maximum atomic E-state index is 13.4. The highest BCUT2D eigenvalue weighted by molar-refractivity contribution is 5.94. The van der Waals surface area contributed by atoms with Gasteiger partial charge in [-0.05, 0) is 117 Å². The molecular formula is C46H53N5O7. The van der Waals surface area contributed by atoms with Crippen molar-refractivity contribution < 1.29 is 29.3 Å². The van der Waals surface area contributed by atoms with Gasteiger partial charge < -0.3 is 40.2 Å². The molecule has 4 heterocycles. The molecule has 0 saturated carbocycles. The number of rotatable bonds is 17. The van der Waals surface area contributed by atoms with Gasteiger partial charge in [0.2, 0.25) is 5.56 Å². The molecule has 8 rings (SSSR count). The minimum absolute atomic E-state index is 0.0326. The number of hydrogen-bond acceptors (Lipinski definition) is 9. The van der Waals surface area contributed by atoms with Crippen LogP contribution >= 0.6 is 0 Å². The molecule has 0 aliphatic carbocycles. The van der Waals surface area contributed by atoms with E-state index in [-0.39, 0.29) is 23.3 Å². The lowest BCUT2D eigenvalue weighted by Crippen LogP contribution is -2.52. The van der Waals surface area contributed by atoms with Gasteiger partial charge >= 0.3 is 6.09 Å².